The molecule has 0 saturated heterocycles. The van der Waals surface area contributed by atoms with Crippen LogP contribution in [-0.4, -0.2) is 38.3 Å². The predicted molar refractivity (Wildman–Crippen MR) is 103 cm³/mol. The molecule has 4 rings (SSSR count). The van der Waals surface area contributed by atoms with Crippen molar-refractivity contribution in [3.63, 3.8) is 0 Å². The van der Waals surface area contributed by atoms with Crippen LogP contribution in [-0.2, 0) is 13.1 Å². The summed E-state index contributed by atoms with van der Waals surface area (Å²) in [4.78, 5) is 2.22. The smallest absolute Gasteiger partial charge is 0.173 e. The molecule has 1 aliphatic rings. The third-order valence-corrected chi connectivity index (χ3v) is 5.06. The van der Waals surface area contributed by atoms with Crippen LogP contribution in [0.2, 0.25) is 0 Å². The molecule has 1 aliphatic heterocycles. The molecule has 28 heavy (non-hydrogen) atoms. The van der Waals surface area contributed by atoms with Gasteiger partial charge in [-0.2, -0.15) is 0 Å². The zero-order valence-electron chi connectivity index (χ0n) is 16.0. The summed E-state index contributed by atoms with van der Waals surface area (Å²) in [6.45, 7) is 4.79. The Morgan fingerprint density at radius 3 is 2.71 bits per heavy atom. The van der Waals surface area contributed by atoms with E-state index in [9.17, 15) is 4.39 Å². The second kappa shape index (κ2) is 8.48. The van der Waals surface area contributed by atoms with Crippen LogP contribution < -0.4 is 4.74 Å². The van der Waals surface area contributed by atoms with Gasteiger partial charge in [0.05, 0.1) is 19.2 Å². The summed E-state index contributed by atoms with van der Waals surface area (Å²) in [5, 5.41) is 12.2. The van der Waals surface area contributed by atoms with Gasteiger partial charge in [0, 0.05) is 18.7 Å². The average Bonchev–Trinajstić information content (AvgIpc) is 3.19. The number of fused-ring (bicyclic) bond motifs is 1. The zero-order chi connectivity index (χ0) is 19.3. The number of aromatic nitrogens is 4. The maximum absolute atomic E-state index is 14.2. The highest BCUT2D eigenvalue weighted by Crippen LogP contribution is 2.32. The summed E-state index contributed by atoms with van der Waals surface area (Å²) >= 11 is 0. The lowest BCUT2D eigenvalue weighted by Gasteiger charge is -2.35. The molecular weight excluding hydrogens is 357 g/mol. The first-order chi connectivity index (χ1) is 13.8. The van der Waals surface area contributed by atoms with Crippen molar-refractivity contribution in [2.75, 3.05) is 13.2 Å². The molecule has 0 saturated carbocycles. The fourth-order valence-electron chi connectivity index (χ4n) is 3.54. The van der Waals surface area contributed by atoms with Crippen molar-refractivity contribution >= 4 is 0 Å². The van der Waals surface area contributed by atoms with Gasteiger partial charge in [-0.1, -0.05) is 43.7 Å². The van der Waals surface area contributed by atoms with E-state index in [0.717, 1.165) is 43.1 Å². The molecule has 2 aromatic carbocycles. The van der Waals surface area contributed by atoms with Gasteiger partial charge in [0.25, 0.3) is 0 Å². The number of ether oxygens (including phenoxy) is 1. The Labute approximate surface area is 163 Å². The van der Waals surface area contributed by atoms with Gasteiger partial charge in [-0.3, -0.25) is 4.90 Å². The van der Waals surface area contributed by atoms with Gasteiger partial charge in [-0.15, -0.1) is 5.10 Å². The quantitative estimate of drug-likeness (QED) is 0.586. The van der Waals surface area contributed by atoms with Crippen LogP contribution >= 0.6 is 0 Å². The van der Waals surface area contributed by atoms with Crippen molar-refractivity contribution in [2.24, 2.45) is 0 Å². The molecular formula is C21H24FN5O. The van der Waals surface area contributed by atoms with Crippen LogP contribution in [0, 0.1) is 5.82 Å². The maximum Gasteiger partial charge on any atom is 0.173 e. The van der Waals surface area contributed by atoms with Gasteiger partial charge in [0.2, 0.25) is 0 Å². The zero-order valence-corrected chi connectivity index (χ0v) is 16.0. The molecule has 0 bridgehead atoms. The number of benzene rings is 2. The third kappa shape index (κ3) is 3.89. The van der Waals surface area contributed by atoms with Crippen molar-refractivity contribution in [2.45, 2.75) is 38.9 Å². The van der Waals surface area contributed by atoms with Crippen LogP contribution in [0.25, 0.3) is 0 Å². The molecule has 0 radical (unpaired) electrons. The second-order valence-electron chi connectivity index (χ2n) is 7.00. The first-order valence-corrected chi connectivity index (χ1v) is 9.72. The number of tetrazole rings is 1. The fourth-order valence-corrected chi connectivity index (χ4v) is 3.54. The Morgan fingerprint density at radius 2 is 1.93 bits per heavy atom. The molecule has 3 aromatic rings. The molecule has 146 valence electrons. The van der Waals surface area contributed by atoms with Crippen LogP contribution in [0.3, 0.4) is 0 Å². The average molecular weight is 381 g/mol. The topological polar surface area (TPSA) is 56.1 Å². The Balaban J connectivity index is 1.60. The molecule has 6 nitrogen and oxygen atoms in total. The van der Waals surface area contributed by atoms with Crippen molar-refractivity contribution in [3.05, 3.63) is 71.3 Å². The summed E-state index contributed by atoms with van der Waals surface area (Å²) < 4.78 is 21.8. The Bertz CT molecular complexity index is 911. The molecule has 0 spiro atoms. The summed E-state index contributed by atoms with van der Waals surface area (Å²) in [6, 6.07) is 14.8. The van der Waals surface area contributed by atoms with E-state index >= 15 is 0 Å². The second-order valence-corrected chi connectivity index (χ2v) is 7.00. The van der Waals surface area contributed by atoms with E-state index in [1.807, 2.05) is 41.1 Å². The summed E-state index contributed by atoms with van der Waals surface area (Å²) in [6.07, 6.45) is 2.14. The summed E-state index contributed by atoms with van der Waals surface area (Å²) in [5.74, 6) is 1.45. The molecule has 1 unspecified atom stereocenters. The van der Waals surface area contributed by atoms with Gasteiger partial charge >= 0.3 is 0 Å². The van der Waals surface area contributed by atoms with E-state index in [4.69, 9.17) is 4.74 Å². The molecule has 1 aromatic heterocycles. The Morgan fingerprint density at radius 1 is 1.11 bits per heavy atom. The van der Waals surface area contributed by atoms with E-state index in [1.54, 1.807) is 6.07 Å². The fraction of sp³-hybridized carbons (Fsp3) is 0.381. The molecule has 0 aliphatic carbocycles. The molecule has 0 amide bonds. The lowest BCUT2D eigenvalue weighted by molar-refractivity contribution is 0.162. The highest BCUT2D eigenvalue weighted by atomic mass is 19.1. The van der Waals surface area contributed by atoms with Crippen molar-refractivity contribution in [3.8, 4) is 5.75 Å². The van der Waals surface area contributed by atoms with Gasteiger partial charge in [0.1, 0.15) is 11.6 Å². The Kier molecular flexibility index (Phi) is 5.62. The van der Waals surface area contributed by atoms with Gasteiger partial charge in [0.15, 0.2) is 5.82 Å². The highest BCUT2D eigenvalue weighted by Gasteiger charge is 2.32. The van der Waals surface area contributed by atoms with Crippen LogP contribution in [0.5, 0.6) is 5.75 Å². The van der Waals surface area contributed by atoms with Gasteiger partial charge < -0.3 is 4.74 Å². The minimum Gasteiger partial charge on any atom is -0.494 e. The predicted octanol–water partition coefficient (Wildman–Crippen LogP) is 3.60. The van der Waals surface area contributed by atoms with E-state index in [-0.39, 0.29) is 11.9 Å². The largest absolute Gasteiger partial charge is 0.494 e. The number of hydrogen-bond donors (Lipinski definition) is 0. The van der Waals surface area contributed by atoms with Crippen molar-refractivity contribution in [1.82, 2.24) is 25.1 Å². The van der Waals surface area contributed by atoms with E-state index < -0.39 is 0 Å². The minimum absolute atomic E-state index is 0.131. The van der Waals surface area contributed by atoms with E-state index in [0.29, 0.717) is 18.7 Å². The van der Waals surface area contributed by atoms with Crippen LogP contribution in [0.15, 0.2) is 48.5 Å². The van der Waals surface area contributed by atoms with Gasteiger partial charge in [-0.05, 0) is 40.6 Å². The monoisotopic (exact) mass is 381 g/mol. The molecule has 7 heteroatoms. The number of nitrogens with zero attached hydrogens (tertiary/aromatic N) is 5. The van der Waals surface area contributed by atoms with Crippen LogP contribution in [0.1, 0.15) is 42.8 Å². The lowest BCUT2D eigenvalue weighted by atomic mass is 10.0. The van der Waals surface area contributed by atoms with Gasteiger partial charge in [-0.25, -0.2) is 9.07 Å². The standard InChI is InChI=1S/C21H24FN5O/c1-2-3-14-28-18-10-8-16(9-11-18)20-21-23-24-25-27(21)13-12-26(20)15-17-6-4-5-7-19(17)22/h4-11,20H,2-3,12-15H2,1H3. The lowest BCUT2D eigenvalue weighted by Crippen LogP contribution is -2.39. The SMILES string of the molecule is CCCCOc1ccc(C2c3nnnn3CCN2Cc2ccccc2F)cc1. The maximum atomic E-state index is 14.2. The first kappa shape index (κ1) is 18.6. The number of unbranched alkanes of at least 4 members (excludes halogenated alkanes) is 1. The summed E-state index contributed by atoms with van der Waals surface area (Å²) in [7, 11) is 0. The Hall–Kier alpha value is -2.80. The van der Waals surface area contributed by atoms with Crippen molar-refractivity contribution in [1.29, 1.82) is 0 Å². The highest BCUT2D eigenvalue weighted by molar-refractivity contribution is 5.32. The van der Waals surface area contributed by atoms with Crippen LogP contribution in [0.4, 0.5) is 4.39 Å². The molecule has 0 N–H and O–H groups in total. The van der Waals surface area contributed by atoms with E-state index in [2.05, 4.69) is 27.3 Å². The number of hydrogen-bond acceptors (Lipinski definition) is 5. The minimum atomic E-state index is -0.189. The first-order valence-electron chi connectivity index (χ1n) is 9.72. The van der Waals surface area contributed by atoms with E-state index in [1.165, 1.54) is 6.07 Å². The molecule has 0 fully saturated rings. The molecule has 1 atom stereocenters. The van der Waals surface area contributed by atoms with Crippen molar-refractivity contribution < 1.29 is 9.13 Å². The summed E-state index contributed by atoms with van der Waals surface area (Å²) in [5.41, 5.74) is 1.74. The molecule has 2 heterocycles. The number of rotatable bonds is 7. The normalized spacial score (nSPS) is 16.7. The third-order valence-electron chi connectivity index (χ3n) is 5.06. The number of halogens is 1.